The van der Waals surface area contributed by atoms with E-state index in [0.29, 0.717) is 51.3 Å². The lowest BCUT2D eigenvalue weighted by Gasteiger charge is -2.32. The number of hydrogen-bond acceptors (Lipinski definition) is 4. The first kappa shape index (κ1) is 19.8. The topological polar surface area (TPSA) is 67.9 Å². The molecule has 2 aliphatic rings. The van der Waals surface area contributed by atoms with Crippen LogP contribution in [0.4, 0.5) is 4.39 Å². The van der Waals surface area contributed by atoms with Gasteiger partial charge in [-0.2, -0.15) is 0 Å². The van der Waals surface area contributed by atoms with Gasteiger partial charge in [0.25, 0.3) is 5.91 Å². The van der Waals surface area contributed by atoms with Crippen LogP contribution in [-0.4, -0.2) is 62.3 Å². The van der Waals surface area contributed by atoms with E-state index in [1.54, 1.807) is 7.11 Å². The molecule has 0 aliphatic carbocycles. The lowest BCUT2D eigenvalue weighted by molar-refractivity contribution is -0.137. The highest BCUT2D eigenvalue weighted by Gasteiger charge is 2.42. The standard InChI is InChI=1S/C20H27FN2O4/c1-26-13-9-20(22-18(24)15-2-4-17(21)5-3-15)8-10-23(14-20)19(25)16-6-11-27-12-7-16/h2-5,16H,6-14H2,1H3,(H,22,24). The Bertz CT molecular complexity index is 660. The fraction of sp³-hybridized carbons (Fsp3) is 0.600. The highest BCUT2D eigenvalue weighted by atomic mass is 19.1. The Morgan fingerprint density at radius 3 is 2.67 bits per heavy atom. The minimum absolute atomic E-state index is 0.00442. The summed E-state index contributed by atoms with van der Waals surface area (Å²) in [5, 5.41) is 3.09. The van der Waals surface area contributed by atoms with Crippen molar-refractivity contribution in [1.29, 1.82) is 0 Å². The zero-order valence-corrected chi connectivity index (χ0v) is 15.7. The largest absolute Gasteiger partial charge is 0.385 e. The summed E-state index contributed by atoms with van der Waals surface area (Å²) >= 11 is 0. The first-order valence-electron chi connectivity index (χ1n) is 9.46. The van der Waals surface area contributed by atoms with Gasteiger partial charge in [0.2, 0.25) is 5.91 Å². The van der Waals surface area contributed by atoms with Gasteiger partial charge in [0.05, 0.1) is 5.54 Å². The van der Waals surface area contributed by atoms with E-state index < -0.39 is 5.54 Å². The van der Waals surface area contributed by atoms with Crippen LogP contribution in [0.25, 0.3) is 0 Å². The Hall–Kier alpha value is -1.99. The molecule has 0 saturated carbocycles. The molecule has 0 aromatic heterocycles. The SMILES string of the molecule is COCCC1(NC(=O)c2ccc(F)cc2)CCN(C(=O)C2CCOCC2)C1. The van der Waals surface area contributed by atoms with Crippen LogP contribution in [-0.2, 0) is 14.3 Å². The van der Waals surface area contributed by atoms with Gasteiger partial charge in [-0.15, -0.1) is 0 Å². The third-order valence-corrected chi connectivity index (χ3v) is 5.51. The van der Waals surface area contributed by atoms with Crippen molar-refractivity contribution in [3.05, 3.63) is 35.6 Å². The molecule has 1 aromatic rings. The molecule has 1 aromatic carbocycles. The maximum absolute atomic E-state index is 13.1. The molecule has 2 fully saturated rings. The van der Waals surface area contributed by atoms with Crippen LogP contribution >= 0.6 is 0 Å². The summed E-state index contributed by atoms with van der Waals surface area (Å²) in [5.41, 5.74) is -0.120. The summed E-state index contributed by atoms with van der Waals surface area (Å²) in [7, 11) is 1.62. The highest BCUT2D eigenvalue weighted by Crippen LogP contribution is 2.29. The van der Waals surface area contributed by atoms with Crippen LogP contribution in [0.5, 0.6) is 0 Å². The third-order valence-electron chi connectivity index (χ3n) is 5.51. The van der Waals surface area contributed by atoms with Crippen LogP contribution in [0.1, 0.15) is 36.0 Å². The van der Waals surface area contributed by atoms with Crippen molar-refractivity contribution in [2.75, 3.05) is 40.0 Å². The van der Waals surface area contributed by atoms with Crippen LogP contribution in [0.3, 0.4) is 0 Å². The summed E-state index contributed by atoms with van der Waals surface area (Å²) in [4.78, 5) is 27.4. The number of nitrogens with zero attached hydrogens (tertiary/aromatic N) is 1. The van der Waals surface area contributed by atoms with Crippen molar-refractivity contribution < 1.29 is 23.5 Å². The lowest BCUT2D eigenvalue weighted by atomic mass is 9.93. The van der Waals surface area contributed by atoms with Crippen LogP contribution in [0.15, 0.2) is 24.3 Å². The second-order valence-electron chi connectivity index (χ2n) is 7.38. The molecule has 1 unspecified atom stereocenters. The Morgan fingerprint density at radius 2 is 2.00 bits per heavy atom. The van der Waals surface area contributed by atoms with Crippen LogP contribution in [0, 0.1) is 11.7 Å². The average molecular weight is 378 g/mol. The van der Waals surface area contributed by atoms with Crippen molar-refractivity contribution >= 4 is 11.8 Å². The fourth-order valence-corrected chi connectivity index (χ4v) is 3.84. The minimum Gasteiger partial charge on any atom is -0.385 e. The molecular formula is C20H27FN2O4. The Balaban J connectivity index is 1.68. The van der Waals surface area contributed by atoms with Gasteiger partial charge in [0, 0.05) is 51.5 Å². The van der Waals surface area contributed by atoms with E-state index in [9.17, 15) is 14.0 Å². The van der Waals surface area contributed by atoms with Crippen molar-refractivity contribution in [2.45, 2.75) is 31.2 Å². The Morgan fingerprint density at radius 1 is 1.30 bits per heavy atom. The minimum atomic E-state index is -0.525. The van der Waals surface area contributed by atoms with Crippen molar-refractivity contribution in [2.24, 2.45) is 5.92 Å². The van der Waals surface area contributed by atoms with Crippen molar-refractivity contribution in [3.63, 3.8) is 0 Å². The van der Waals surface area contributed by atoms with E-state index in [4.69, 9.17) is 9.47 Å². The first-order valence-corrected chi connectivity index (χ1v) is 9.46. The fourth-order valence-electron chi connectivity index (χ4n) is 3.84. The molecule has 2 aliphatic heterocycles. The summed E-state index contributed by atoms with van der Waals surface area (Å²) in [6, 6.07) is 5.47. The van der Waals surface area contributed by atoms with E-state index in [-0.39, 0.29) is 23.5 Å². The van der Waals surface area contributed by atoms with Crippen LogP contribution in [0.2, 0.25) is 0 Å². The van der Waals surface area contributed by atoms with Gasteiger partial charge in [0.15, 0.2) is 0 Å². The predicted molar refractivity (Wildman–Crippen MR) is 97.8 cm³/mol. The number of halogens is 1. The predicted octanol–water partition coefficient (Wildman–Crippen LogP) is 1.99. The number of carbonyl (C=O) groups excluding carboxylic acids is 2. The van der Waals surface area contributed by atoms with Gasteiger partial charge in [-0.1, -0.05) is 0 Å². The summed E-state index contributed by atoms with van der Waals surface area (Å²) in [6.45, 7) is 2.83. The molecule has 2 saturated heterocycles. The number of methoxy groups -OCH3 is 1. The maximum Gasteiger partial charge on any atom is 0.251 e. The molecule has 27 heavy (non-hydrogen) atoms. The molecule has 3 rings (SSSR count). The molecular weight excluding hydrogens is 351 g/mol. The quantitative estimate of drug-likeness (QED) is 0.822. The third kappa shape index (κ3) is 4.84. The Kier molecular flexibility index (Phi) is 6.44. The molecule has 7 heteroatoms. The van der Waals surface area contributed by atoms with Crippen molar-refractivity contribution in [3.8, 4) is 0 Å². The zero-order chi connectivity index (χ0) is 19.3. The molecule has 0 spiro atoms. The second-order valence-corrected chi connectivity index (χ2v) is 7.38. The zero-order valence-electron chi connectivity index (χ0n) is 15.7. The van der Waals surface area contributed by atoms with E-state index in [1.165, 1.54) is 24.3 Å². The van der Waals surface area contributed by atoms with Gasteiger partial charge in [-0.05, 0) is 49.9 Å². The molecule has 2 heterocycles. The Labute approximate surface area is 159 Å². The van der Waals surface area contributed by atoms with E-state index in [1.807, 2.05) is 4.90 Å². The number of likely N-dealkylation sites (tertiary alicyclic amines) is 1. The molecule has 1 atom stereocenters. The van der Waals surface area contributed by atoms with Gasteiger partial charge >= 0.3 is 0 Å². The van der Waals surface area contributed by atoms with E-state index >= 15 is 0 Å². The van der Waals surface area contributed by atoms with Gasteiger partial charge < -0.3 is 19.7 Å². The number of ether oxygens (including phenoxy) is 2. The van der Waals surface area contributed by atoms with Gasteiger partial charge in [-0.3, -0.25) is 9.59 Å². The molecule has 6 nitrogen and oxygen atoms in total. The van der Waals surface area contributed by atoms with Crippen molar-refractivity contribution in [1.82, 2.24) is 10.2 Å². The number of nitrogens with one attached hydrogen (secondary N) is 1. The maximum atomic E-state index is 13.1. The molecule has 148 valence electrons. The van der Waals surface area contributed by atoms with Gasteiger partial charge in [0.1, 0.15) is 5.82 Å². The number of carbonyl (C=O) groups is 2. The molecule has 0 bridgehead atoms. The van der Waals surface area contributed by atoms with Crippen LogP contribution < -0.4 is 5.32 Å². The monoisotopic (exact) mass is 378 g/mol. The average Bonchev–Trinajstić information content (AvgIpc) is 3.11. The molecule has 0 radical (unpaired) electrons. The first-order chi connectivity index (χ1) is 13.0. The summed E-state index contributed by atoms with van der Waals surface area (Å²) in [6.07, 6.45) is 2.80. The second kappa shape index (κ2) is 8.80. The number of rotatable bonds is 6. The normalized spacial score (nSPS) is 23.4. The van der Waals surface area contributed by atoms with E-state index in [0.717, 1.165) is 12.8 Å². The van der Waals surface area contributed by atoms with Gasteiger partial charge in [-0.25, -0.2) is 4.39 Å². The highest BCUT2D eigenvalue weighted by molar-refractivity contribution is 5.94. The summed E-state index contributed by atoms with van der Waals surface area (Å²) in [5.74, 6) is -0.486. The number of benzene rings is 1. The smallest absolute Gasteiger partial charge is 0.251 e. The number of amides is 2. The lowest BCUT2D eigenvalue weighted by Crippen LogP contribution is -2.52. The number of hydrogen-bond donors (Lipinski definition) is 1. The molecule has 2 amide bonds. The molecule has 1 N–H and O–H groups in total. The van der Waals surface area contributed by atoms with E-state index in [2.05, 4.69) is 5.32 Å². The summed E-state index contributed by atoms with van der Waals surface area (Å²) < 4.78 is 23.7.